The van der Waals surface area contributed by atoms with E-state index in [0.717, 1.165) is 25.3 Å². The molecule has 2 aliphatic heterocycles. The minimum atomic E-state index is -6.35. The van der Waals surface area contributed by atoms with Crippen molar-refractivity contribution in [1.82, 2.24) is 4.31 Å². The lowest BCUT2D eigenvalue weighted by Crippen LogP contribution is -2.38. The number of carbonyl (C=O) groups excluding carboxylic acids is 1. The third kappa shape index (κ3) is 4.78. The molecule has 17 heteroatoms. The highest BCUT2D eigenvalue weighted by atomic mass is 32.2. The van der Waals surface area contributed by atoms with Crippen LogP contribution in [0.1, 0.15) is 11.1 Å². The first-order chi connectivity index (χ1) is 17.3. The standard InChI is InChI=1S/C20H16F3NO11S2/c1-30-12-4-5-13-16(8-12)36(26,27)24(9-11-3-6-14-15(7-11)33-10-32-14)18(34-19(25)31-2)17(13)35-37(28,29)20(21,22)23/h3-8H,9-10H2,1-2H3. The first kappa shape index (κ1) is 26.2. The Morgan fingerprint density at radius 2 is 1.78 bits per heavy atom. The number of hydrogen-bond acceptors (Lipinski definition) is 11. The number of rotatable bonds is 6. The van der Waals surface area contributed by atoms with Crippen molar-refractivity contribution in [3.63, 3.8) is 0 Å². The second-order valence-electron chi connectivity index (χ2n) is 7.24. The molecule has 12 nitrogen and oxygen atoms in total. The van der Waals surface area contributed by atoms with Crippen molar-refractivity contribution < 1.29 is 62.7 Å². The van der Waals surface area contributed by atoms with Crippen LogP contribution in [0.2, 0.25) is 0 Å². The van der Waals surface area contributed by atoms with E-state index in [1.165, 1.54) is 25.3 Å². The molecule has 0 spiro atoms. The van der Waals surface area contributed by atoms with Gasteiger partial charge in [-0.1, -0.05) is 6.07 Å². The summed E-state index contributed by atoms with van der Waals surface area (Å²) < 4.78 is 120. The van der Waals surface area contributed by atoms with Gasteiger partial charge in [-0.05, 0) is 29.8 Å². The molecule has 200 valence electrons. The maximum Gasteiger partial charge on any atom is 0.534 e. The van der Waals surface area contributed by atoms with E-state index in [2.05, 4.69) is 8.92 Å². The van der Waals surface area contributed by atoms with Crippen LogP contribution in [-0.4, -0.2) is 53.8 Å². The van der Waals surface area contributed by atoms with Crippen LogP contribution in [-0.2, 0) is 40.3 Å². The van der Waals surface area contributed by atoms with Crippen molar-refractivity contribution in [3.8, 4) is 17.2 Å². The Balaban J connectivity index is 1.96. The summed E-state index contributed by atoms with van der Waals surface area (Å²) in [5.74, 6) is -1.85. The zero-order chi connectivity index (χ0) is 27.2. The molecular formula is C20H16F3NO11S2. The number of sulfonamides is 1. The summed E-state index contributed by atoms with van der Waals surface area (Å²) in [6, 6.07) is 7.25. The van der Waals surface area contributed by atoms with E-state index in [-0.39, 0.29) is 23.9 Å². The van der Waals surface area contributed by atoms with Gasteiger partial charge in [0.1, 0.15) is 10.6 Å². The van der Waals surface area contributed by atoms with E-state index in [4.69, 9.17) is 18.9 Å². The molecule has 37 heavy (non-hydrogen) atoms. The van der Waals surface area contributed by atoms with Crippen LogP contribution in [0.4, 0.5) is 18.0 Å². The van der Waals surface area contributed by atoms with E-state index in [0.29, 0.717) is 10.1 Å². The minimum absolute atomic E-state index is 0.0271. The van der Waals surface area contributed by atoms with Gasteiger partial charge in [0, 0.05) is 11.6 Å². The highest BCUT2D eigenvalue weighted by Crippen LogP contribution is 2.43. The van der Waals surface area contributed by atoms with Gasteiger partial charge in [0.25, 0.3) is 15.9 Å². The zero-order valence-corrected chi connectivity index (χ0v) is 20.4. The fourth-order valence-corrected chi connectivity index (χ4v) is 5.38. The summed E-state index contributed by atoms with van der Waals surface area (Å²) in [5, 5.41) is 0. The average molecular weight is 567 g/mol. The maximum absolute atomic E-state index is 13.6. The fourth-order valence-electron chi connectivity index (χ4n) is 3.30. The Hall–Kier alpha value is -3.86. The lowest BCUT2D eigenvalue weighted by atomic mass is 10.1. The van der Waals surface area contributed by atoms with Gasteiger partial charge < -0.3 is 27.9 Å². The predicted molar refractivity (Wildman–Crippen MR) is 115 cm³/mol. The first-order valence-electron chi connectivity index (χ1n) is 9.89. The fraction of sp³-hybridized carbons (Fsp3) is 0.250. The van der Waals surface area contributed by atoms with Crippen molar-refractivity contribution in [2.75, 3.05) is 21.0 Å². The molecule has 0 saturated heterocycles. The van der Waals surface area contributed by atoms with E-state index >= 15 is 0 Å². The van der Waals surface area contributed by atoms with Crippen molar-refractivity contribution in [2.24, 2.45) is 0 Å². The van der Waals surface area contributed by atoms with Gasteiger partial charge in [0.05, 0.1) is 20.8 Å². The third-order valence-corrected chi connectivity index (χ3v) is 7.73. The SMILES string of the molecule is COC(=O)OC1=C(OS(=O)(=O)C(F)(F)F)c2ccc(OC)cc2S(=O)(=O)N1Cc1ccc2c(c1)OCO2. The Morgan fingerprint density at radius 3 is 2.43 bits per heavy atom. The highest BCUT2D eigenvalue weighted by Gasteiger charge is 2.51. The Morgan fingerprint density at radius 1 is 1.08 bits per heavy atom. The number of alkyl halides is 3. The molecule has 0 amide bonds. The zero-order valence-electron chi connectivity index (χ0n) is 18.8. The molecule has 0 unspecified atom stereocenters. The van der Waals surface area contributed by atoms with E-state index in [1.54, 1.807) is 0 Å². The van der Waals surface area contributed by atoms with Crippen molar-refractivity contribution in [2.45, 2.75) is 16.9 Å². The third-order valence-electron chi connectivity index (χ3n) is 5.01. The Bertz CT molecular complexity index is 1500. The number of ether oxygens (including phenoxy) is 5. The van der Waals surface area contributed by atoms with Crippen molar-refractivity contribution >= 4 is 32.1 Å². The van der Waals surface area contributed by atoms with E-state index in [1.807, 2.05) is 0 Å². The van der Waals surface area contributed by atoms with Crippen LogP contribution in [0, 0.1) is 0 Å². The summed E-state index contributed by atoms with van der Waals surface area (Å²) >= 11 is 0. The quantitative estimate of drug-likeness (QED) is 0.289. The molecule has 0 aromatic heterocycles. The predicted octanol–water partition coefficient (Wildman–Crippen LogP) is 2.90. The van der Waals surface area contributed by atoms with Crippen molar-refractivity contribution in [3.05, 3.63) is 53.4 Å². The second kappa shape index (κ2) is 9.22. The van der Waals surface area contributed by atoms with Crippen LogP contribution in [0.25, 0.3) is 5.76 Å². The molecule has 2 aromatic carbocycles. The van der Waals surface area contributed by atoms with Crippen LogP contribution in [0.5, 0.6) is 17.2 Å². The molecule has 0 fully saturated rings. The molecule has 0 bridgehead atoms. The van der Waals surface area contributed by atoms with Gasteiger partial charge in [-0.25, -0.2) is 17.5 Å². The molecule has 0 atom stereocenters. The Kier molecular flexibility index (Phi) is 6.53. The topological polar surface area (TPSA) is 144 Å². The van der Waals surface area contributed by atoms with Crippen LogP contribution >= 0.6 is 0 Å². The monoisotopic (exact) mass is 567 g/mol. The van der Waals surface area contributed by atoms with Gasteiger partial charge in [-0.3, -0.25) is 0 Å². The van der Waals surface area contributed by atoms with Gasteiger partial charge in [0.15, 0.2) is 11.5 Å². The molecular weight excluding hydrogens is 551 g/mol. The van der Waals surface area contributed by atoms with Crippen LogP contribution in [0.3, 0.4) is 0 Å². The van der Waals surface area contributed by atoms with Crippen LogP contribution < -0.4 is 14.2 Å². The molecule has 0 N–H and O–H groups in total. The number of hydrogen-bond donors (Lipinski definition) is 0. The van der Waals surface area contributed by atoms with Gasteiger partial charge in [-0.15, -0.1) is 0 Å². The Labute approximate surface area is 207 Å². The molecule has 2 aliphatic rings. The average Bonchev–Trinajstić information content (AvgIpc) is 3.30. The normalized spacial score (nSPS) is 16.2. The number of carbonyl (C=O) groups is 1. The molecule has 0 saturated carbocycles. The molecule has 2 aromatic rings. The maximum atomic E-state index is 13.6. The summed E-state index contributed by atoms with van der Waals surface area (Å²) in [6.45, 7) is -0.765. The first-order valence-corrected chi connectivity index (χ1v) is 12.7. The minimum Gasteiger partial charge on any atom is -0.497 e. The summed E-state index contributed by atoms with van der Waals surface area (Å²) in [7, 11) is -9.03. The van der Waals surface area contributed by atoms with E-state index < -0.39 is 60.5 Å². The largest absolute Gasteiger partial charge is 0.534 e. The molecule has 4 rings (SSSR count). The number of benzene rings is 2. The summed E-state index contributed by atoms with van der Waals surface area (Å²) in [4.78, 5) is 11.3. The number of fused-ring (bicyclic) bond motifs is 2. The molecule has 0 aliphatic carbocycles. The van der Waals surface area contributed by atoms with E-state index in [9.17, 15) is 34.8 Å². The van der Waals surface area contributed by atoms with Gasteiger partial charge in [0.2, 0.25) is 12.6 Å². The van der Waals surface area contributed by atoms with Gasteiger partial charge >= 0.3 is 21.8 Å². The second-order valence-corrected chi connectivity index (χ2v) is 10.6. The molecule has 2 heterocycles. The molecule has 0 radical (unpaired) electrons. The van der Waals surface area contributed by atoms with Crippen LogP contribution in [0.15, 0.2) is 47.2 Å². The van der Waals surface area contributed by atoms with Gasteiger partial charge in [-0.2, -0.15) is 21.6 Å². The highest BCUT2D eigenvalue weighted by molar-refractivity contribution is 7.89. The summed E-state index contributed by atoms with van der Waals surface area (Å²) in [5.41, 5.74) is -6.35. The lowest BCUT2D eigenvalue weighted by molar-refractivity contribution is -0.0511. The summed E-state index contributed by atoms with van der Waals surface area (Å²) in [6.07, 6.45) is -1.57. The number of methoxy groups -OCH3 is 2. The smallest absolute Gasteiger partial charge is 0.497 e. The number of nitrogens with zero attached hydrogens (tertiary/aromatic N) is 1. The number of halogens is 3. The van der Waals surface area contributed by atoms with Crippen molar-refractivity contribution in [1.29, 1.82) is 0 Å². The lowest BCUT2D eigenvalue weighted by Gasteiger charge is -2.32.